The molecule has 7 nitrogen and oxygen atoms in total. The third-order valence-electron chi connectivity index (χ3n) is 4.42. The molecule has 3 rings (SSSR count). The third-order valence-corrected chi connectivity index (χ3v) is 4.66. The zero-order valence-corrected chi connectivity index (χ0v) is 16.3. The van der Waals surface area contributed by atoms with Crippen molar-refractivity contribution in [2.45, 2.75) is 26.3 Å². The van der Waals surface area contributed by atoms with Crippen LogP contribution in [0.15, 0.2) is 36.4 Å². The minimum Gasteiger partial charge on any atom is -0.336 e. The van der Waals surface area contributed by atoms with Crippen LogP contribution < -0.4 is 15.5 Å². The lowest BCUT2D eigenvalue weighted by molar-refractivity contribution is -0.119. The van der Waals surface area contributed by atoms with Crippen LogP contribution >= 0.6 is 11.6 Å². The first-order valence-corrected chi connectivity index (χ1v) is 9.15. The number of amides is 5. The van der Waals surface area contributed by atoms with Crippen LogP contribution in [0, 0.1) is 12.7 Å². The number of rotatable bonds is 3. The monoisotopic (exact) mass is 417 g/mol. The van der Waals surface area contributed by atoms with E-state index in [1.54, 1.807) is 32.0 Å². The highest BCUT2D eigenvalue weighted by atomic mass is 35.5. The summed E-state index contributed by atoms with van der Waals surface area (Å²) in [6, 6.07) is 6.30. The van der Waals surface area contributed by atoms with Gasteiger partial charge in [-0.2, -0.15) is 0 Å². The van der Waals surface area contributed by atoms with E-state index in [0.717, 1.165) is 16.5 Å². The number of urea groups is 1. The minimum absolute atomic E-state index is 0.0601. The molecule has 2 aromatic carbocycles. The first kappa shape index (κ1) is 20.5. The highest BCUT2D eigenvalue weighted by Gasteiger charge is 2.42. The lowest BCUT2D eigenvalue weighted by atomic mass is 10.0. The minimum atomic E-state index is -1.21. The molecular weight excluding hydrogens is 401 g/mol. The van der Waals surface area contributed by atoms with Crippen molar-refractivity contribution < 1.29 is 23.6 Å². The Kier molecular flexibility index (Phi) is 5.65. The summed E-state index contributed by atoms with van der Waals surface area (Å²) >= 11 is 5.70. The maximum atomic E-state index is 14.1. The largest absolute Gasteiger partial charge is 0.336 e. The van der Waals surface area contributed by atoms with Crippen molar-refractivity contribution in [3.63, 3.8) is 0 Å². The first-order chi connectivity index (χ1) is 13.7. The maximum absolute atomic E-state index is 14.1. The SMILES string of the molecule is CCC(=O)NC(=O)N1C(=O)C(NC(=O)c2ccc(Cl)cc2F)c2cc(C)ccc21. The van der Waals surface area contributed by atoms with Crippen molar-refractivity contribution >= 4 is 41.0 Å². The summed E-state index contributed by atoms with van der Waals surface area (Å²) in [6.07, 6.45) is 0.0601. The van der Waals surface area contributed by atoms with Gasteiger partial charge in [0.15, 0.2) is 0 Å². The molecule has 0 spiro atoms. The number of hydrogen-bond acceptors (Lipinski definition) is 4. The van der Waals surface area contributed by atoms with E-state index >= 15 is 0 Å². The number of carbonyl (C=O) groups excluding carboxylic acids is 4. The molecule has 0 radical (unpaired) electrons. The van der Waals surface area contributed by atoms with Crippen molar-refractivity contribution in [2.75, 3.05) is 4.90 Å². The van der Waals surface area contributed by atoms with Gasteiger partial charge in [0.05, 0.1) is 11.3 Å². The van der Waals surface area contributed by atoms with Gasteiger partial charge in [-0.25, -0.2) is 14.1 Å². The second-order valence-electron chi connectivity index (χ2n) is 6.47. The van der Waals surface area contributed by atoms with Crippen molar-refractivity contribution in [1.29, 1.82) is 0 Å². The van der Waals surface area contributed by atoms with Crippen LogP contribution in [0.25, 0.3) is 0 Å². The summed E-state index contributed by atoms with van der Waals surface area (Å²) in [7, 11) is 0. The molecule has 29 heavy (non-hydrogen) atoms. The van der Waals surface area contributed by atoms with Crippen LogP contribution in [0.2, 0.25) is 5.02 Å². The molecule has 1 heterocycles. The molecule has 2 aromatic rings. The van der Waals surface area contributed by atoms with Crippen molar-refractivity contribution in [3.8, 4) is 0 Å². The number of nitrogens with zero attached hydrogens (tertiary/aromatic N) is 1. The highest BCUT2D eigenvalue weighted by molar-refractivity contribution is 6.30. The van der Waals surface area contributed by atoms with Gasteiger partial charge < -0.3 is 5.32 Å². The molecule has 150 valence electrons. The second kappa shape index (κ2) is 8.00. The van der Waals surface area contributed by atoms with E-state index in [9.17, 15) is 23.6 Å². The van der Waals surface area contributed by atoms with E-state index in [-0.39, 0.29) is 22.7 Å². The Balaban J connectivity index is 1.94. The van der Waals surface area contributed by atoms with Gasteiger partial charge in [-0.1, -0.05) is 36.2 Å². The average Bonchev–Trinajstić information content (AvgIpc) is 2.92. The van der Waals surface area contributed by atoms with Gasteiger partial charge in [0.2, 0.25) is 5.91 Å². The Morgan fingerprint density at radius 3 is 2.55 bits per heavy atom. The maximum Gasteiger partial charge on any atom is 0.335 e. The van der Waals surface area contributed by atoms with Gasteiger partial charge >= 0.3 is 6.03 Å². The van der Waals surface area contributed by atoms with Gasteiger partial charge in [-0.3, -0.25) is 19.7 Å². The molecular formula is C20H17ClFN3O4. The van der Waals surface area contributed by atoms with E-state index < -0.39 is 35.6 Å². The summed E-state index contributed by atoms with van der Waals surface area (Å²) in [4.78, 5) is 50.3. The molecule has 0 aliphatic carbocycles. The summed E-state index contributed by atoms with van der Waals surface area (Å²) < 4.78 is 14.1. The third kappa shape index (κ3) is 3.97. The molecule has 5 amide bonds. The van der Waals surface area contributed by atoms with Gasteiger partial charge in [-0.15, -0.1) is 0 Å². The van der Waals surface area contributed by atoms with Crippen molar-refractivity contribution in [2.24, 2.45) is 0 Å². The van der Waals surface area contributed by atoms with Gasteiger partial charge in [0.1, 0.15) is 11.9 Å². The quantitative estimate of drug-likeness (QED) is 0.801. The molecule has 0 bridgehead atoms. The van der Waals surface area contributed by atoms with E-state index in [4.69, 9.17) is 11.6 Å². The summed E-state index contributed by atoms with van der Waals surface area (Å²) in [6.45, 7) is 3.35. The highest BCUT2D eigenvalue weighted by Crippen LogP contribution is 2.37. The van der Waals surface area contributed by atoms with E-state index in [2.05, 4.69) is 10.6 Å². The van der Waals surface area contributed by atoms with Crippen LogP contribution in [0.4, 0.5) is 14.9 Å². The smallest absolute Gasteiger partial charge is 0.335 e. The number of benzene rings is 2. The number of imide groups is 2. The lowest BCUT2D eigenvalue weighted by Gasteiger charge is -2.16. The fourth-order valence-corrected chi connectivity index (χ4v) is 3.14. The van der Waals surface area contributed by atoms with Crippen LogP contribution in [0.3, 0.4) is 0 Å². The molecule has 1 aliphatic rings. The van der Waals surface area contributed by atoms with Gasteiger partial charge in [0, 0.05) is 17.0 Å². The zero-order valence-electron chi connectivity index (χ0n) is 15.6. The van der Waals surface area contributed by atoms with Gasteiger partial charge in [0.25, 0.3) is 11.8 Å². The predicted octanol–water partition coefficient (Wildman–Crippen LogP) is 3.25. The molecule has 0 saturated heterocycles. The molecule has 0 aromatic heterocycles. The Labute approximate surface area is 170 Å². The van der Waals surface area contributed by atoms with E-state index in [1.165, 1.54) is 12.1 Å². The fourth-order valence-electron chi connectivity index (χ4n) is 2.98. The Hall–Kier alpha value is -3.26. The van der Waals surface area contributed by atoms with Crippen LogP contribution in [-0.4, -0.2) is 23.8 Å². The topological polar surface area (TPSA) is 95.6 Å². The number of anilines is 1. The van der Waals surface area contributed by atoms with Crippen LogP contribution in [0.5, 0.6) is 0 Å². The number of aryl methyl sites for hydroxylation is 1. The number of carbonyl (C=O) groups is 4. The fraction of sp³-hybridized carbons (Fsp3) is 0.200. The number of halogens is 2. The van der Waals surface area contributed by atoms with E-state index in [1.807, 2.05) is 0 Å². The molecule has 1 aliphatic heterocycles. The van der Waals surface area contributed by atoms with Crippen molar-refractivity contribution in [1.82, 2.24) is 10.6 Å². The summed E-state index contributed by atoms with van der Waals surface area (Å²) in [5, 5.41) is 4.71. The van der Waals surface area contributed by atoms with Crippen LogP contribution in [0.1, 0.15) is 40.9 Å². The number of fused-ring (bicyclic) bond motifs is 1. The first-order valence-electron chi connectivity index (χ1n) is 8.77. The summed E-state index contributed by atoms with van der Waals surface area (Å²) in [5.41, 5.74) is 1.11. The average molecular weight is 418 g/mol. The molecule has 0 fully saturated rings. The second-order valence-corrected chi connectivity index (χ2v) is 6.91. The summed E-state index contributed by atoms with van der Waals surface area (Å²) in [5.74, 6) is -2.98. The molecule has 1 atom stereocenters. The molecule has 1 unspecified atom stereocenters. The standard InChI is InChI=1S/C20H17ClFN3O4/c1-3-16(26)23-20(29)25-15-7-4-10(2)8-13(15)17(19(25)28)24-18(27)12-6-5-11(21)9-14(12)22/h4-9,17H,3H2,1-2H3,(H,24,27)(H,23,26,29). The Morgan fingerprint density at radius 1 is 1.17 bits per heavy atom. The zero-order chi connectivity index (χ0) is 21.3. The predicted molar refractivity (Wildman–Crippen MR) is 104 cm³/mol. The molecule has 2 N–H and O–H groups in total. The Morgan fingerprint density at radius 2 is 1.90 bits per heavy atom. The normalized spacial score (nSPS) is 15.1. The van der Waals surface area contributed by atoms with E-state index in [0.29, 0.717) is 5.56 Å². The van der Waals surface area contributed by atoms with Crippen LogP contribution in [-0.2, 0) is 9.59 Å². The molecule has 0 saturated carbocycles. The van der Waals surface area contributed by atoms with Crippen molar-refractivity contribution in [3.05, 3.63) is 63.9 Å². The molecule has 9 heteroatoms. The Bertz CT molecular complexity index is 1040. The number of hydrogen-bond donors (Lipinski definition) is 2. The number of nitrogens with one attached hydrogen (secondary N) is 2. The van der Waals surface area contributed by atoms with Gasteiger partial charge in [-0.05, 0) is 31.2 Å². The lowest BCUT2D eigenvalue weighted by Crippen LogP contribution is -2.47.